The van der Waals surface area contributed by atoms with E-state index in [-0.39, 0.29) is 18.6 Å². The number of ether oxygens (including phenoxy) is 1. The number of carbonyl (C=O) groups is 2. The lowest BCUT2D eigenvalue weighted by Gasteiger charge is -2.39. The van der Waals surface area contributed by atoms with Crippen molar-refractivity contribution in [3.8, 4) is 0 Å². The van der Waals surface area contributed by atoms with Crippen molar-refractivity contribution in [1.29, 1.82) is 0 Å². The van der Waals surface area contributed by atoms with Gasteiger partial charge in [-0.15, -0.1) is 16.4 Å². The van der Waals surface area contributed by atoms with Crippen LogP contribution in [0, 0.1) is 13.8 Å². The van der Waals surface area contributed by atoms with Gasteiger partial charge in [-0.2, -0.15) is 5.10 Å². The van der Waals surface area contributed by atoms with Crippen molar-refractivity contribution in [2.24, 2.45) is 0 Å². The van der Waals surface area contributed by atoms with E-state index in [2.05, 4.69) is 15.5 Å². The summed E-state index contributed by atoms with van der Waals surface area (Å²) in [7, 11) is 0. The highest BCUT2D eigenvalue weighted by Gasteiger charge is 2.34. The van der Waals surface area contributed by atoms with Crippen molar-refractivity contribution in [3.63, 3.8) is 0 Å². The first-order valence-corrected chi connectivity index (χ1v) is 10.0. The molecule has 0 aliphatic carbocycles. The Hall–Kier alpha value is -3.20. The second-order valence-corrected chi connectivity index (χ2v) is 8.05. The molecular formula is C20H21N5O3S. The number of thiophene rings is 1. The number of alkyl carbamates (subject to hydrolysis) is 1. The van der Waals surface area contributed by atoms with E-state index in [1.54, 1.807) is 4.90 Å². The lowest BCUT2D eigenvalue weighted by atomic mass is 10.1. The van der Waals surface area contributed by atoms with E-state index in [0.29, 0.717) is 28.5 Å². The molecule has 0 saturated carbocycles. The Kier molecular flexibility index (Phi) is 5.06. The molecule has 2 amide bonds. The fourth-order valence-corrected chi connectivity index (χ4v) is 4.28. The highest BCUT2D eigenvalue weighted by molar-refractivity contribution is 7.21. The number of hydrogen-bond acceptors (Lipinski definition) is 7. The van der Waals surface area contributed by atoms with Gasteiger partial charge in [0.1, 0.15) is 16.3 Å². The van der Waals surface area contributed by atoms with Gasteiger partial charge in [-0.05, 0) is 25.0 Å². The third-order valence-electron chi connectivity index (χ3n) is 5.03. The second-order valence-electron chi connectivity index (χ2n) is 7.05. The lowest BCUT2D eigenvalue weighted by Crippen LogP contribution is -2.60. The maximum Gasteiger partial charge on any atom is 0.407 e. The van der Waals surface area contributed by atoms with Crippen LogP contribution < -0.4 is 11.1 Å². The number of aryl methyl sites for hydroxylation is 2. The van der Waals surface area contributed by atoms with Crippen molar-refractivity contribution in [1.82, 2.24) is 20.4 Å². The minimum atomic E-state index is -0.492. The number of likely N-dealkylation sites (tertiary alicyclic amines) is 1. The van der Waals surface area contributed by atoms with Gasteiger partial charge in [0.05, 0.1) is 17.4 Å². The third-order valence-corrected chi connectivity index (χ3v) is 6.11. The van der Waals surface area contributed by atoms with E-state index in [9.17, 15) is 9.59 Å². The van der Waals surface area contributed by atoms with Crippen LogP contribution in [0.15, 0.2) is 30.3 Å². The normalized spacial score (nSPS) is 13.9. The molecule has 4 rings (SSSR count). The number of nitrogens with zero attached hydrogens (tertiary/aromatic N) is 3. The van der Waals surface area contributed by atoms with Crippen LogP contribution in [0.4, 0.5) is 10.5 Å². The number of anilines is 1. The molecule has 3 heterocycles. The Labute approximate surface area is 171 Å². The maximum atomic E-state index is 12.8. The summed E-state index contributed by atoms with van der Waals surface area (Å²) in [5.74, 6) is -0.154. The van der Waals surface area contributed by atoms with Gasteiger partial charge < -0.3 is 20.7 Å². The Morgan fingerprint density at radius 3 is 2.69 bits per heavy atom. The van der Waals surface area contributed by atoms with Crippen LogP contribution in [0.5, 0.6) is 0 Å². The second kappa shape index (κ2) is 7.67. The van der Waals surface area contributed by atoms with E-state index in [4.69, 9.17) is 10.5 Å². The maximum absolute atomic E-state index is 12.8. The number of carbonyl (C=O) groups excluding carboxylic acids is 2. The molecule has 9 heteroatoms. The Morgan fingerprint density at radius 1 is 1.24 bits per heavy atom. The average molecular weight is 411 g/mol. The van der Waals surface area contributed by atoms with E-state index in [1.165, 1.54) is 11.3 Å². The summed E-state index contributed by atoms with van der Waals surface area (Å²) in [5, 5.41) is 11.8. The van der Waals surface area contributed by atoms with Crippen molar-refractivity contribution in [3.05, 3.63) is 52.0 Å². The molecule has 0 unspecified atom stereocenters. The van der Waals surface area contributed by atoms with E-state index >= 15 is 0 Å². The Balaban J connectivity index is 1.33. The van der Waals surface area contributed by atoms with Gasteiger partial charge in [-0.25, -0.2) is 4.79 Å². The van der Waals surface area contributed by atoms with E-state index in [0.717, 1.165) is 22.2 Å². The monoisotopic (exact) mass is 411 g/mol. The zero-order valence-electron chi connectivity index (χ0n) is 16.1. The summed E-state index contributed by atoms with van der Waals surface area (Å²) < 4.78 is 5.21. The summed E-state index contributed by atoms with van der Waals surface area (Å²) in [4.78, 5) is 27.5. The molecule has 1 aliphatic rings. The van der Waals surface area contributed by atoms with Gasteiger partial charge in [0.2, 0.25) is 0 Å². The first-order chi connectivity index (χ1) is 13.9. The van der Waals surface area contributed by atoms with Crippen molar-refractivity contribution in [2.75, 3.05) is 18.8 Å². The summed E-state index contributed by atoms with van der Waals surface area (Å²) in [6.07, 6.45) is -0.492. The minimum absolute atomic E-state index is 0.137. The van der Waals surface area contributed by atoms with E-state index < -0.39 is 6.09 Å². The minimum Gasteiger partial charge on any atom is -0.445 e. The highest BCUT2D eigenvalue weighted by atomic mass is 32.1. The highest BCUT2D eigenvalue weighted by Crippen LogP contribution is 2.36. The molecule has 0 atom stereocenters. The number of fused-ring (bicyclic) bond motifs is 1. The van der Waals surface area contributed by atoms with E-state index in [1.807, 2.05) is 44.2 Å². The summed E-state index contributed by atoms with van der Waals surface area (Å²) in [6, 6.07) is 9.32. The van der Waals surface area contributed by atoms with Gasteiger partial charge >= 0.3 is 6.09 Å². The molecule has 1 aromatic carbocycles. The first-order valence-electron chi connectivity index (χ1n) is 9.22. The molecule has 0 bridgehead atoms. The molecule has 150 valence electrons. The van der Waals surface area contributed by atoms with Gasteiger partial charge in [0.15, 0.2) is 0 Å². The lowest BCUT2D eigenvalue weighted by molar-refractivity contribution is 0.0551. The quantitative estimate of drug-likeness (QED) is 0.683. The fourth-order valence-electron chi connectivity index (χ4n) is 3.21. The predicted molar refractivity (Wildman–Crippen MR) is 111 cm³/mol. The van der Waals surface area contributed by atoms with Crippen LogP contribution >= 0.6 is 11.3 Å². The first kappa shape index (κ1) is 19.1. The van der Waals surface area contributed by atoms with Crippen molar-refractivity contribution >= 4 is 39.2 Å². The number of rotatable bonds is 4. The Morgan fingerprint density at radius 2 is 1.97 bits per heavy atom. The molecule has 3 aromatic rings. The van der Waals surface area contributed by atoms with Gasteiger partial charge in [-0.1, -0.05) is 30.3 Å². The molecule has 29 heavy (non-hydrogen) atoms. The van der Waals surface area contributed by atoms with Gasteiger partial charge in [-0.3, -0.25) is 4.79 Å². The van der Waals surface area contributed by atoms with Gasteiger partial charge in [0.25, 0.3) is 5.91 Å². The van der Waals surface area contributed by atoms with Crippen LogP contribution in [0.1, 0.15) is 26.5 Å². The molecular weight excluding hydrogens is 390 g/mol. The number of aromatic nitrogens is 2. The average Bonchev–Trinajstić information content (AvgIpc) is 3.03. The van der Waals surface area contributed by atoms with Crippen LogP contribution in [0.3, 0.4) is 0 Å². The smallest absolute Gasteiger partial charge is 0.407 e. The number of amides is 2. The molecule has 3 N–H and O–H groups in total. The molecule has 2 aromatic heterocycles. The molecule has 0 radical (unpaired) electrons. The predicted octanol–water partition coefficient (Wildman–Crippen LogP) is 2.64. The topological polar surface area (TPSA) is 110 Å². The number of hydrogen-bond donors (Lipinski definition) is 2. The largest absolute Gasteiger partial charge is 0.445 e. The van der Waals surface area contributed by atoms with Crippen molar-refractivity contribution < 1.29 is 14.3 Å². The number of nitrogens with two attached hydrogens (primary N) is 1. The third kappa shape index (κ3) is 3.73. The van der Waals surface area contributed by atoms with Crippen LogP contribution in [0.25, 0.3) is 10.2 Å². The van der Waals surface area contributed by atoms with Crippen molar-refractivity contribution in [2.45, 2.75) is 26.5 Å². The molecule has 1 aliphatic heterocycles. The number of nitrogen functional groups attached to an aromatic ring is 1. The zero-order valence-corrected chi connectivity index (χ0v) is 17.0. The Bertz CT molecular complexity index is 1080. The zero-order chi connectivity index (χ0) is 20.5. The summed E-state index contributed by atoms with van der Waals surface area (Å²) >= 11 is 1.25. The summed E-state index contributed by atoms with van der Waals surface area (Å²) in [6.45, 7) is 4.82. The summed E-state index contributed by atoms with van der Waals surface area (Å²) in [5.41, 5.74) is 9.34. The molecule has 8 nitrogen and oxygen atoms in total. The number of nitrogens with one attached hydrogen (secondary N) is 1. The molecule has 1 saturated heterocycles. The standard InChI is InChI=1S/C20H21N5O3S/c1-11-12(2)23-24-18-15(11)16(21)17(29-18)19(26)25-8-14(9-25)22-20(27)28-10-13-6-4-3-5-7-13/h3-7,14H,8-10,21H2,1-2H3,(H,22,27). The SMILES string of the molecule is Cc1nnc2sc(C(=O)N3CC(NC(=O)OCc4ccccc4)C3)c(N)c2c1C. The molecule has 1 fully saturated rings. The van der Waals surface area contributed by atoms with Crippen LogP contribution in [-0.2, 0) is 11.3 Å². The molecule has 0 spiro atoms. The number of benzene rings is 1. The van der Waals surface area contributed by atoms with Crippen LogP contribution in [0.2, 0.25) is 0 Å². The van der Waals surface area contributed by atoms with Crippen LogP contribution in [-0.4, -0.2) is 46.2 Å². The van der Waals surface area contributed by atoms with Gasteiger partial charge in [0, 0.05) is 18.5 Å². The fraction of sp³-hybridized carbons (Fsp3) is 0.300.